The average molecular weight is 356 g/mol. The summed E-state index contributed by atoms with van der Waals surface area (Å²) < 4.78 is 6.11. The normalized spacial score (nSPS) is 16.0. The van der Waals surface area contributed by atoms with Gasteiger partial charge in [0.25, 0.3) is 5.91 Å². The molecule has 0 unspecified atom stereocenters. The SMILES string of the molecule is Cc1cccc(C(=O)N2CCC(OCC(=O)O)CC2)c1Br. The summed E-state index contributed by atoms with van der Waals surface area (Å²) >= 11 is 3.46. The number of aliphatic carboxylic acids is 1. The number of carboxylic acid groups (broad SMARTS) is 1. The molecule has 1 heterocycles. The van der Waals surface area contributed by atoms with Crippen LogP contribution < -0.4 is 0 Å². The molecule has 1 fully saturated rings. The molecule has 0 spiro atoms. The highest BCUT2D eigenvalue weighted by Gasteiger charge is 2.25. The Kier molecular flexibility index (Phi) is 5.36. The van der Waals surface area contributed by atoms with Crippen molar-refractivity contribution in [2.24, 2.45) is 0 Å². The van der Waals surface area contributed by atoms with E-state index in [0.717, 1.165) is 10.0 Å². The maximum Gasteiger partial charge on any atom is 0.329 e. The number of nitrogens with zero attached hydrogens (tertiary/aromatic N) is 1. The highest BCUT2D eigenvalue weighted by Crippen LogP contribution is 2.24. The molecule has 5 nitrogen and oxygen atoms in total. The molecule has 1 N–H and O–H groups in total. The second kappa shape index (κ2) is 7.04. The van der Waals surface area contributed by atoms with Crippen LogP contribution in [0.15, 0.2) is 22.7 Å². The van der Waals surface area contributed by atoms with Crippen LogP contribution in [0.5, 0.6) is 0 Å². The Morgan fingerprint density at radius 2 is 2.05 bits per heavy atom. The molecule has 1 aliphatic heterocycles. The van der Waals surface area contributed by atoms with Gasteiger partial charge in [0.2, 0.25) is 0 Å². The Hall–Kier alpha value is -1.40. The number of piperidine rings is 1. The largest absolute Gasteiger partial charge is 0.480 e. The van der Waals surface area contributed by atoms with Gasteiger partial charge in [0.05, 0.1) is 11.7 Å². The topological polar surface area (TPSA) is 66.8 Å². The first-order chi connectivity index (χ1) is 9.99. The van der Waals surface area contributed by atoms with Gasteiger partial charge in [-0.1, -0.05) is 12.1 Å². The third-order valence-electron chi connectivity index (χ3n) is 3.59. The van der Waals surface area contributed by atoms with Crippen molar-refractivity contribution in [3.63, 3.8) is 0 Å². The summed E-state index contributed by atoms with van der Waals surface area (Å²) in [5.41, 5.74) is 1.69. The maximum atomic E-state index is 12.5. The average Bonchev–Trinajstić information content (AvgIpc) is 2.48. The second-order valence-corrected chi connectivity index (χ2v) is 5.93. The summed E-state index contributed by atoms with van der Waals surface area (Å²) in [4.78, 5) is 24.8. The molecule has 0 saturated carbocycles. The minimum absolute atomic E-state index is 0.00209. The van der Waals surface area contributed by atoms with Crippen molar-refractivity contribution in [3.8, 4) is 0 Å². The van der Waals surface area contributed by atoms with E-state index in [1.165, 1.54) is 0 Å². The van der Waals surface area contributed by atoms with E-state index in [0.29, 0.717) is 31.5 Å². The van der Waals surface area contributed by atoms with E-state index in [1.807, 2.05) is 25.1 Å². The number of hydrogen-bond acceptors (Lipinski definition) is 3. The van der Waals surface area contributed by atoms with E-state index >= 15 is 0 Å². The first kappa shape index (κ1) is 16.0. The number of halogens is 1. The van der Waals surface area contributed by atoms with Gasteiger partial charge in [-0.05, 0) is 47.3 Å². The predicted molar refractivity (Wildman–Crippen MR) is 81.4 cm³/mol. The standard InChI is InChI=1S/C15H18BrNO4/c1-10-3-2-4-12(14(10)16)15(20)17-7-5-11(6-8-17)21-9-13(18)19/h2-4,11H,5-9H2,1H3,(H,18,19). The third-order valence-corrected chi connectivity index (χ3v) is 4.65. The van der Waals surface area contributed by atoms with Crippen LogP contribution in [-0.4, -0.2) is 47.7 Å². The Bertz CT molecular complexity index is 538. The van der Waals surface area contributed by atoms with Gasteiger partial charge in [-0.3, -0.25) is 4.79 Å². The van der Waals surface area contributed by atoms with Crippen molar-refractivity contribution in [1.82, 2.24) is 4.90 Å². The van der Waals surface area contributed by atoms with E-state index in [9.17, 15) is 9.59 Å². The minimum Gasteiger partial charge on any atom is -0.480 e. The number of carbonyl (C=O) groups is 2. The smallest absolute Gasteiger partial charge is 0.329 e. The van der Waals surface area contributed by atoms with Gasteiger partial charge in [-0.2, -0.15) is 0 Å². The zero-order valence-corrected chi connectivity index (χ0v) is 13.4. The maximum absolute atomic E-state index is 12.5. The fourth-order valence-electron chi connectivity index (χ4n) is 2.40. The van der Waals surface area contributed by atoms with Crippen LogP contribution in [0, 0.1) is 6.92 Å². The molecule has 1 saturated heterocycles. The summed E-state index contributed by atoms with van der Waals surface area (Å²) in [6.07, 6.45) is 1.26. The molecule has 1 aromatic rings. The van der Waals surface area contributed by atoms with E-state index < -0.39 is 5.97 Å². The number of ether oxygens (including phenoxy) is 1. The zero-order chi connectivity index (χ0) is 15.4. The van der Waals surface area contributed by atoms with Gasteiger partial charge in [-0.25, -0.2) is 4.79 Å². The van der Waals surface area contributed by atoms with Gasteiger partial charge in [0.15, 0.2) is 0 Å². The van der Waals surface area contributed by atoms with Gasteiger partial charge >= 0.3 is 5.97 Å². The van der Waals surface area contributed by atoms with Crippen LogP contribution in [0.25, 0.3) is 0 Å². The number of benzene rings is 1. The van der Waals surface area contributed by atoms with E-state index in [1.54, 1.807) is 4.90 Å². The molecule has 0 radical (unpaired) electrons. The summed E-state index contributed by atoms with van der Waals surface area (Å²) in [5, 5.41) is 8.59. The van der Waals surface area contributed by atoms with Gasteiger partial charge in [0, 0.05) is 17.6 Å². The van der Waals surface area contributed by atoms with Gasteiger partial charge in [-0.15, -0.1) is 0 Å². The Morgan fingerprint density at radius 3 is 2.67 bits per heavy atom. The zero-order valence-electron chi connectivity index (χ0n) is 11.8. The minimum atomic E-state index is -0.961. The summed E-state index contributed by atoms with van der Waals surface area (Å²) in [6.45, 7) is 2.85. The Balaban J connectivity index is 1.94. The number of rotatable bonds is 4. The Morgan fingerprint density at radius 1 is 1.38 bits per heavy atom. The van der Waals surface area contributed by atoms with Crippen molar-refractivity contribution < 1.29 is 19.4 Å². The number of aryl methyl sites for hydroxylation is 1. The van der Waals surface area contributed by atoms with Crippen LogP contribution >= 0.6 is 15.9 Å². The molecular weight excluding hydrogens is 338 g/mol. The quantitative estimate of drug-likeness (QED) is 0.900. The molecule has 1 aromatic carbocycles. The first-order valence-corrected chi connectivity index (χ1v) is 7.66. The fraction of sp³-hybridized carbons (Fsp3) is 0.467. The van der Waals surface area contributed by atoms with Crippen molar-refractivity contribution >= 4 is 27.8 Å². The number of hydrogen-bond donors (Lipinski definition) is 1. The van der Waals surface area contributed by atoms with Crippen molar-refractivity contribution in [2.75, 3.05) is 19.7 Å². The van der Waals surface area contributed by atoms with E-state index in [-0.39, 0.29) is 18.6 Å². The summed E-state index contributed by atoms with van der Waals surface area (Å²) in [7, 11) is 0. The molecule has 6 heteroatoms. The van der Waals surface area contributed by atoms with Gasteiger partial charge in [0.1, 0.15) is 6.61 Å². The fourth-order valence-corrected chi connectivity index (χ4v) is 2.83. The molecule has 1 aliphatic rings. The highest BCUT2D eigenvalue weighted by molar-refractivity contribution is 9.10. The molecule has 2 rings (SSSR count). The molecule has 0 atom stereocenters. The van der Waals surface area contributed by atoms with Crippen LogP contribution in [0.3, 0.4) is 0 Å². The predicted octanol–water partition coefficient (Wildman–Crippen LogP) is 2.46. The molecule has 114 valence electrons. The highest BCUT2D eigenvalue weighted by atomic mass is 79.9. The van der Waals surface area contributed by atoms with E-state index in [2.05, 4.69) is 15.9 Å². The number of carboxylic acids is 1. The van der Waals surface area contributed by atoms with Crippen LogP contribution in [0.1, 0.15) is 28.8 Å². The summed E-state index contributed by atoms with van der Waals surface area (Å²) in [6, 6.07) is 5.63. The number of likely N-dealkylation sites (tertiary alicyclic amines) is 1. The number of amides is 1. The molecule has 0 aromatic heterocycles. The molecule has 0 bridgehead atoms. The van der Waals surface area contributed by atoms with Crippen molar-refractivity contribution in [3.05, 3.63) is 33.8 Å². The lowest BCUT2D eigenvalue weighted by Gasteiger charge is -2.32. The molecular formula is C15H18BrNO4. The van der Waals surface area contributed by atoms with Gasteiger partial charge < -0.3 is 14.7 Å². The summed E-state index contributed by atoms with van der Waals surface area (Å²) in [5.74, 6) is -0.959. The first-order valence-electron chi connectivity index (χ1n) is 6.87. The molecule has 0 aliphatic carbocycles. The number of carbonyl (C=O) groups excluding carboxylic acids is 1. The molecule has 1 amide bonds. The van der Waals surface area contributed by atoms with E-state index in [4.69, 9.17) is 9.84 Å². The molecule has 21 heavy (non-hydrogen) atoms. The van der Waals surface area contributed by atoms with Crippen molar-refractivity contribution in [1.29, 1.82) is 0 Å². The van der Waals surface area contributed by atoms with Crippen LogP contribution in [0.4, 0.5) is 0 Å². The van der Waals surface area contributed by atoms with Crippen LogP contribution in [-0.2, 0) is 9.53 Å². The van der Waals surface area contributed by atoms with Crippen molar-refractivity contribution in [2.45, 2.75) is 25.9 Å². The lowest BCUT2D eigenvalue weighted by atomic mass is 10.1. The lowest BCUT2D eigenvalue weighted by molar-refractivity contribution is -0.145. The lowest BCUT2D eigenvalue weighted by Crippen LogP contribution is -2.41. The third kappa shape index (κ3) is 4.04. The Labute approximate surface area is 132 Å². The second-order valence-electron chi connectivity index (χ2n) is 5.13. The van der Waals surface area contributed by atoms with Crippen LogP contribution in [0.2, 0.25) is 0 Å². The monoisotopic (exact) mass is 355 g/mol.